The van der Waals surface area contributed by atoms with E-state index in [0.29, 0.717) is 5.92 Å². The summed E-state index contributed by atoms with van der Waals surface area (Å²) >= 11 is 0. The van der Waals surface area contributed by atoms with Gasteiger partial charge in [-0.15, -0.1) is 12.8 Å². The highest BCUT2D eigenvalue weighted by molar-refractivity contribution is 6.03. The first kappa shape index (κ1) is 50.5. The predicted molar refractivity (Wildman–Crippen MR) is 333 cm³/mol. The zero-order valence-corrected chi connectivity index (χ0v) is 45.8. The Morgan fingerprint density at radius 3 is 1.20 bits per heavy atom. The van der Waals surface area contributed by atoms with E-state index in [2.05, 4.69) is 238 Å². The van der Waals surface area contributed by atoms with Crippen molar-refractivity contribution in [2.75, 3.05) is 13.2 Å². The summed E-state index contributed by atoms with van der Waals surface area (Å²) in [5.74, 6) is 8.89. The van der Waals surface area contributed by atoms with Crippen molar-refractivity contribution in [3.05, 3.63) is 287 Å². The molecule has 0 saturated carbocycles. The van der Waals surface area contributed by atoms with Gasteiger partial charge in [-0.05, 0) is 115 Å². The number of terminal acetylenes is 2. The third kappa shape index (κ3) is 8.26. The molecule has 0 unspecified atom stereocenters. The molecule has 2 aliphatic carbocycles. The average molecular weight is 1050 g/mol. The van der Waals surface area contributed by atoms with E-state index in [1.54, 1.807) is 0 Å². The minimum Gasteiger partial charge on any atom is -0.480 e. The van der Waals surface area contributed by atoms with Crippen molar-refractivity contribution in [2.45, 2.75) is 44.8 Å². The molecule has 4 nitrogen and oxygen atoms in total. The van der Waals surface area contributed by atoms with Crippen LogP contribution < -0.4 is 18.9 Å². The number of hydrogen-bond acceptors (Lipinski definition) is 4. The second-order valence-electron chi connectivity index (χ2n) is 20.9. The zero-order chi connectivity index (χ0) is 55.2. The van der Waals surface area contributed by atoms with Crippen LogP contribution in [0.3, 0.4) is 0 Å². The highest BCUT2D eigenvalue weighted by Crippen LogP contribution is 2.59. The van der Waals surface area contributed by atoms with Crippen molar-refractivity contribution in [1.82, 2.24) is 0 Å². The van der Waals surface area contributed by atoms with Gasteiger partial charge in [0.1, 0.15) is 36.2 Å². The normalized spacial score (nSPS) is 13.9. The highest BCUT2D eigenvalue weighted by atomic mass is 16.5. The molecule has 11 aromatic rings. The van der Waals surface area contributed by atoms with E-state index >= 15 is 0 Å². The van der Waals surface area contributed by atoms with Gasteiger partial charge < -0.3 is 18.9 Å². The molecule has 0 bridgehead atoms. The topological polar surface area (TPSA) is 36.9 Å². The SMILES string of the molecule is C#CCOc1cccc2c3c(ccc12)C(c1ccc(C2=CC4(Oc5c2ccc2c(OCC#C)cccc52)c2ccccc2-c2ccccc24)cc1)=CC1(O3)c2ccccc2-c2ccccc21.CC.CC(C)c1ccc2ccccc2c1. The van der Waals surface area contributed by atoms with Crippen molar-refractivity contribution < 1.29 is 18.9 Å². The van der Waals surface area contributed by atoms with Gasteiger partial charge in [0.15, 0.2) is 11.2 Å². The largest absolute Gasteiger partial charge is 0.480 e. The maximum absolute atomic E-state index is 7.48. The van der Waals surface area contributed by atoms with Crippen molar-refractivity contribution in [2.24, 2.45) is 0 Å². The second-order valence-corrected chi connectivity index (χ2v) is 20.9. The monoisotopic (exact) mass is 1050 g/mol. The molecule has 15 rings (SSSR count). The van der Waals surface area contributed by atoms with Gasteiger partial charge in [0, 0.05) is 54.9 Å². The average Bonchev–Trinajstić information content (AvgIpc) is 3.40. The fraction of sp³-hybridized carbons (Fsp3) is 0.117. The predicted octanol–water partition coefficient (Wildman–Crippen LogP) is 18.5. The van der Waals surface area contributed by atoms with Crippen molar-refractivity contribution in [3.8, 4) is 69.9 Å². The van der Waals surface area contributed by atoms with Gasteiger partial charge >= 0.3 is 0 Å². The summed E-state index contributed by atoms with van der Waals surface area (Å²) in [6.07, 6.45) is 16.0. The summed E-state index contributed by atoms with van der Waals surface area (Å²) in [6, 6.07) is 79.3. The van der Waals surface area contributed by atoms with E-state index in [1.807, 2.05) is 38.1 Å². The summed E-state index contributed by atoms with van der Waals surface area (Å²) in [7, 11) is 0. The van der Waals surface area contributed by atoms with Crippen LogP contribution in [-0.2, 0) is 11.2 Å². The van der Waals surface area contributed by atoms with Gasteiger partial charge in [-0.3, -0.25) is 0 Å². The Hall–Kier alpha value is -10.0. The third-order valence-electron chi connectivity index (χ3n) is 16.2. The van der Waals surface area contributed by atoms with Crippen LogP contribution in [0.4, 0.5) is 0 Å². The number of rotatable bonds is 7. The first-order chi connectivity index (χ1) is 39.9. The van der Waals surface area contributed by atoms with Crippen molar-refractivity contribution in [1.29, 1.82) is 0 Å². The number of fused-ring (bicyclic) bond motifs is 17. The fourth-order valence-electron chi connectivity index (χ4n) is 12.5. The van der Waals surface area contributed by atoms with Gasteiger partial charge in [0.25, 0.3) is 0 Å². The third-order valence-corrected chi connectivity index (χ3v) is 16.2. The van der Waals surface area contributed by atoms with Crippen LogP contribution in [0.1, 0.15) is 83.7 Å². The van der Waals surface area contributed by atoms with Crippen LogP contribution in [0, 0.1) is 24.7 Å². The molecule has 11 aromatic carbocycles. The lowest BCUT2D eigenvalue weighted by molar-refractivity contribution is 0.167. The Kier molecular flexibility index (Phi) is 12.9. The summed E-state index contributed by atoms with van der Waals surface area (Å²) in [6.45, 7) is 8.80. The van der Waals surface area contributed by atoms with E-state index in [4.69, 9.17) is 31.8 Å². The number of ether oxygens (including phenoxy) is 4. The molecule has 0 amide bonds. The summed E-state index contributed by atoms with van der Waals surface area (Å²) in [4.78, 5) is 0. The molecule has 4 heteroatoms. The Balaban J connectivity index is 0.000000360. The molecule has 0 N–H and O–H groups in total. The minimum atomic E-state index is -0.889. The molecule has 0 fully saturated rings. The molecular weight excluding hydrogens is 989 g/mol. The maximum atomic E-state index is 7.48. The van der Waals surface area contributed by atoms with E-state index in [0.717, 1.165) is 122 Å². The van der Waals surface area contributed by atoms with Crippen LogP contribution in [0.5, 0.6) is 23.0 Å². The van der Waals surface area contributed by atoms with Crippen molar-refractivity contribution >= 4 is 43.5 Å². The molecule has 0 atom stereocenters. The summed E-state index contributed by atoms with van der Waals surface area (Å²) < 4.78 is 27.1. The first-order valence-corrected chi connectivity index (χ1v) is 27.9. The van der Waals surface area contributed by atoms with E-state index < -0.39 is 11.2 Å². The van der Waals surface area contributed by atoms with Gasteiger partial charge in [-0.25, -0.2) is 0 Å². The summed E-state index contributed by atoms with van der Waals surface area (Å²) in [5, 5.41) is 6.46. The van der Waals surface area contributed by atoms with Crippen LogP contribution >= 0.6 is 0 Å². The van der Waals surface area contributed by atoms with E-state index in [9.17, 15) is 0 Å². The lowest BCUT2D eigenvalue weighted by Crippen LogP contribution is -2.33. The molecule has 81 heavy (non-hydrogen) atoms. The van der Waals surface area contributed by atoms with Crippen LogP contribution in [0.15, 0.2) is 237 Å². The lowest BCUT2D eigenvalue weighted by atomic mass is 9.80. The Morgan fingerprint density at radius 1 is 0.395 bits per heavy atom. The molecule has 0 aromatic heterocycles. The molecule has 390 valence electrons. The standard InChI is InChI=1S/C62H38O4.C13H14.C2H6/c1-3-35-63-57-25-13-19-47-45(57)31-33-49-51(37-61(65-59(47)49)53-21-9-5-15-41(53)42-16-6-10-22-54(42)61)39-27-29-40(30-28-39)52-38-62(55-23-11-7-17-43(55)44-18-8-12-24-56(44)62)66-60-48-20-14-26-58(64-36-4-2)46(48)32-34-50(52)60;1-10(2)12-8-7-11-5-3-4-6-13(11)9-12;1-2/h1-2,5-34,37-38H,35-36H2;3-10H,1-2H3;1-2H3. The van der Waals surface area contributed by atoms with Gasteiger partial charge in [-0.1, -0.05) is 228 Å². The molecule has 0 saturated heterocycles. The molecule has 4 aliphatic rings. The summed E-state index contributed by atoms with van der Waals surface area (Å²) in [5.41, 5.74) is 15.0. The van der Waals surface area contributed by atoms with Crippen molar-refractivity contribution in [3.63, 3.8) is 0 Å². The first-order valence-electron chi connectivity index (χ1n) is 27.9. The Labute approximate surface area is 474 Å². The van der Waals surface area contributed by atoms with Crippen LogP contribution in [0.25, 0.3) is 65.7 Å². The smallest absolute Gasteiger partial charge is 0.179 e. The van der Waals surface area contributed by atoms with Gasteiger partial charge in [0.2, 0.25) is 0 Å². The van der Waals surface area contributed by atoms with Crippen LogP contribution in [-0.4, -0.2) is 13.2 Å². The number of hydrogen-bond donors (Lipinski definition) is 0. The molecular formula is C77H58O4. The van der Waals surface area contributed by atoms with E-state index in [-0.39, 0.29) is 13.2 Å². The van der Waals surface area contributed by atoms with E-state index in [1.165, 1.54) is 16.3 Å². The van der Waals surface area contributed by atoms with Gasteiger partial charge in [-0.2, -0.15) is 0 Å². The molecule has 0 radical (unpaired) electrons. The van der Waals surface area contributed by atoms with Crippen LogP contribution in [0.2, 0.25) is 0 Å². The minimum absolute atomic E-state index is 0.171. The highest BCUT2D eigenvalue weighted by Gasteiger charge is 2.49. The zero-order valence-electron chi connectivity index (χ0n) is 45.8. The lowest BCUT2D eigenvalue weighted by Gasteiger charge is -2.37. The molecule has 2 spiro atoms. The second kappa shape index (κ2) is 20.7. The fourth-order valence-corrected chi connectivity index (χ4v) is 12.5. The maximum Gasteiger partial charge on any atom is 0.179 e. The molecule has 2 heterocycles. The quantitative estimate of drug-likeness (QED) is 0.149. The Morgan fingerprint density at radius 2 is 0.790 bits per heavy atom. The molecule has 2 aliphatic heterocycles. The number of benzene rings is 11. The Bertz CT molecular complexity index is 4110. The van der Waals surface area contributed by atoms with Gasteiger partial charge in [0.05, 0.1) is 0 Å².